The van der Waals surface area contributed by atoms with E-state index in [1.54, 1.807) is 0 Å². The average molecular weight is 221 g/mol. The monoisotopic (exact) mass is 220 g/mol. The first kappa shape index (κ1) is 10.9. The van der Waals surface area contributed by atoms with Gasteiger partial charge in [0.1, 0.15) is 6.04 Å². The first-order valence-corrected chi connectivity index (χ1v) is 3.92. The minimum atomic E-state index is -1.09. The molecule has 0 bridgehead atoms. The fourth-order valence-electron chi connectivity index (χ4n) is 1.87. The Kier molecular flexibility index (Phi) is 2.77. The van der Waals surface area contributed by atoms with Crippen molar-refractivity contribution in [1.82, 2.24) is 10.6 Å². The van der Waals surface area contributed by atoms with Crippen LogP contribution in [0.15, 0.2) is 0 Å². The molecule has 0 aliphatic carbocycles. The average Bonchev–Trinajstić information content (AvgIpc) is 2.55. The molecule has 0 spiro atoms. The quantitative estimate of drug-likeness (QED) is 0.461. The maximum absolute atomic E-state index is 11.1. The number of carbonyl (C=O) groups excluding carboxylic acids is 2. The minimum absolute atomic E-state index is 0. The second-order valence-corrected chi connectivity index (χ2v) is 3.21. The van der Waals surface area contributed by atoms with Gasteiger partial charge < -0.3 is 10.4 Å². The van der Waals surface area contributed by atoms with Crippen molar-refractivity contribution >= 4 is 30.2 Å². The lowest BCUT2D eigenvalue weighted by Crippen LogP contribution is -2.40. The summed E-state index contributed by atoms with van der Waals surface area (Å²) in [5, 5.41) is 13.5. The molecule has 0 radical (unpaired) electrons. The number of rotatable bonds is 1. The molecule has 2 aliphatic rings. The summed E-state index contributed by atoms with van der Waals surface area (Å²) in [6, 6.07) is -0.920. The summed E-state index contributed by atoms with van der Waals surface area (Å²) in [4.78, 5) is 32.9. The number of hydrogen-bond acceptors (Lipinski definition) is 4. The van der Waals surface area contributed by atoms with Crippen molar-refractivity contribution in [2.45, 2.75) is 6.04 Å². The van der Waals surface area contributed by atoms with Crippen LogP contribution in [0.25, 0.3) is 0 Å². The van der Waals surface area contributed by atoms with Gasteiger partial charge in [-0.25, -0.2) is 0 Å². The Morgan fingerprint density at radius 2 is 2.00 bits per heavy atom. The molecule has 3 atom stereocenters. The number of hydrogen-bond donors (Lipinski definition) is 3. The highest BCUT2D eigenvalue weighted by Gasteiger charge is 2.52. The lowest BCUT2D eigenvalue weighted by molar-refractivity contribution is -0.142. The first-order valence-electron chi connectivity index (χ1n) is 3.92. The summed E-state index contributed by atoms with van der Waals surface area (Å²) >= 11 is 0. The molecule has 0 aromatic carbocycles. The van der Waals surface area contributed by atoms with E-state index in [0.29, 0.717) is 0 Å². The second kappa shape index (κ2) is 3.55. The largest absolute Gasteiger partial charge is 0.480 e. The Morgan fingerprint density at radius 1 is 1.36 bits per heavy atom. The summed E-state index contributed by atoms with van der Waals surface area (Å²) in [6.45, 7) is 0.263. The molecule has 2 rings (SSSR count). The normalized spacial score (nSPS) is 34.7. The second-order valence-electron chi connectivity index (χ2n) is 3.21. The highest BCUT2D eigenvalue weighted by atomic mass is 35.5. The Hall–Kier alpha value is -1.14. The van der Waals surface area contributed by atoms with E-state index in [-0.39, 0.29) is 24.9 Å². The number of halogens is 1. The van der Waals surface area contributed by atoms with Crippen molar-refractivity contribution < 1.29 is 19.5 Å². The van der Waals surface area contributed by atoms with Gasteiger partial charge in [0.15, 0.2) is 0 Å². The highest BCUT2D eigenvalue weighted by Crippen LogP contribution is 2.27. The summed E-state index contributed by atoms with van der Waals surface area (Å²) in [7, 11) is 0. The van der Waals surface area contributed by atoms with E-state index < -0.39 is 29.8 Å². The highest BCUT2D eigenvalue weighted by molar-refractivity contribution is 6.07. The van der Waals surface area contributed by atoms with Crippen molar-refractivity contribution in [3.05, 3.63) is 0 Å². The molecule has 3 unspecified atom stereocenters. The van der Waals surface area contributed by atoms with Crippen LogP contribution in [0.4, 0.5) is 0 Å². The number of nitrogens with one attached hydrogen (secondary N) is 2. The molecule has 2 fully saturated rings. The molecule has 6 nitrogen and oxygen atoms in total. The SMILES string of the molecule is Cl.O=C1NC(=O)C2C1CNC2C(=O)O. The van der Waals surface area contributed by atoms with Crippen molar-refractivity contribution in [3.8, 4) is 0 Å². The molecule has 0 saturated carbocycles. The molecule has 14 heavy (non-hydrogen) atoms. The first-order chi connectivity index (χ1) is 6.11. The minimum Gasteiger partial charge on any atom is -0.480 e. The predicted octanol–water partition coefficient (Wildman–Crippen LogP) is -1.65. The molecule has 7 heteroatoms. The smallest absolute Gasteiger partial charge is 0.321 e. The molecule has 78 valence electrons. The Morgan fingerprint density at radius 3 is 2.57 bits per heavy atom. The van der Waals surface area contributed by atoms with E-state index in [4.69, 9.17) is 5.11 Å². The van der Waals surface area contributed by atoms with Gasteiger partial charge in [-0.2, -0.15) is 0 Å². The molecule has 2 saturated heterocycles. The summed E-state index contributed by atoms with van der Waals surface area (Å²) in [5.41, 5.74) is 0. The summed E-state index contributed by atoms with van der Waals surface area (Å²) in [6.07, 6.45) is 0. The van der Waals surface area contributed by atoms with Crippen LogP contribution in [0, 0.1) is 11.8 Å². The maximum atomic E-state index is 11.1. The van der Waals surface area contributed by atoms with Crippen molar-refractivity contribution in [2.24, 2.45) is 11.8 Å². The number of imide groups is 1. The van der Waals surface area contributed by atoms with E-state index in [1.807, 2.05) is 0 Å². The number of fused-ring (bicyclic) bond motifs is 1. The Bertz CT molecular complexity index is 306. The standard InChI is InChI=1S/C7H8N2O4.ClH/c10-5-2-1-8-4(7(12)13)3(2)6(11)9-5;/h2-4,8H,1H2,(H,12,13)(H,9,10,11);1H. The van der Waals surface area contributed by atoms with Gasteiger partial charge in [0.05, 0.1) is 11.8 Å². The number of carboxylic acid groups (broad SMARTS) is 1. The third-order valence-corrected chi connectivity index (χ3v) is 2.50. The molecule has 2 aliphatic heterocycles. The number of carboxylic acids is 1. The zero-order valence-corrected chi connectivity index (χ0v) is 7.84. The van der Waals surface area contributed by atoms with E-state index in [1.165, 1.54) is 0 Å². The van der Waals surface area contributed by atoms with Crippen LogP contribution >= 0.6 is 12.4 Å². The van der Waals surface area contributed by atoms with Crippen LogP contribution in [-0.4, -0.2) is 35.5 Å². The van der Waals surface area contributed by atoms with Gasteiger partial charge in [0.2, 0.25) is 11.8 Å². The van der Waals surface area contributed by atoms with Gasteiger partial charge in [-0.1, -0.05) is 0 Å². The van der Waals surface area contributed by atoms with Gasteiger partial charge in [0, 0.05) is 6.54 Å². The Balaban J connectivity index is 0.000000980. The third-order valence-electron chi connectivity index (χ3n) is 2.50. The molecular weight excluding hydrogens is 212 g/mol. The van der Waals surface area contributed by atoms with E-state index in [9.17, 15) is 14.4 Å². The van der Waals surface area contributed by atoms with E-state index in [2.05, 4.69) is 10.6 Å². The van der Waals surface area contributed by atoms with E-state index in [0.717, 1.165) is 0 Å². The molecule has 0 aromatic heterocycles. The van der Waals surface area contributed by atoms with Crippen LogP contribution in [0.3, 0.4) is 0 Å². The number of carbonyl (C=O) groups is 3. The number of amides is 2. The van der Waals surface area contributed by atoms with Crippen molar-refractivity contribution in [1.29, 1.82) is 0 Å². The van der Waals surface area contributed by atoms with Gasteiger partial charge in [-0.15, -0.1) is 12.4 Å². The summed E-state index contributed by atoms with van der Waals surface area (Å²) < 4.78 is 0. The van der Waals surface area contributed by atoms with Crippen LogP contribution in [0.2, 0.25) is 0 Å². The predicted molar refractivity (Wildman–Crippen MR) is 46.8 cm³/mol. The van der Waals surface area contributed by atoms with Crippen LogP contribution < -0.4 is 10.6 Å². The topological polar surface area (TPSA) is 95.5 Å². The van der Waals surface area contributed by atoms with Gasteiger partial charge >= 0.3 is 5.97 Å². The van der Waals surface area contributed by atoms with Gasteiger partial charge in [-0.05, 0) is 0 Å². The third kappa shape index (κ3) is 1.36. The molecule has 3 N–H and O–H groups in total. The number of aliphatic carboxylic acids is 1. The van der Waals surface area contributed by atoms with Crippen LogP contribution in [0.1, 0.15) is 0 Å². The zero-order chi connectivity index (χ0) is 9.59. The fraction of sp³-hybridized carbons (Fsp3) is 0.571. The van der Waals surface area contributed by atoms with Gasteiger partial charge in [-0.3, -0.25) is 19.7 Å². The zero-order valence-electron chi connectivity index (χ0n) is 7.02. The molecule has 2 amide bonds. The van der Waals surface area contributed by atoms with E-state index >= 15 is 0 Å². The van der Waals surface area contributed by atoms with Crippen LogP contribution in [-0.2, 0) is 14.4 Å². The molecule has 2 heterocycles. The summed E-state index contributed by atoms with van der Waals surface area (Å²) in [5.74, 6) is -3.17. The molecule has 0 aromatic rings. The lowest BCUT2D eigenvalue weighted by Gasteiger charge is -2.09. The fourth-order valence-corrected chi connectivity index (χ4v) is 1.87. The Labute approximate surface area is 85.4 Å². The molecular formula is C7H9ClN2O4. The lowest BCUT2D eigenvalue weighted by atomic mass is 9.93. The van der Waals surface area contributed by atoms with Crippen LogP contribution in [0.5, 0.6) is 0 Å². The van der Waals surface area contributed by atoms with Gasteiger partial charge in [0.25, 0.3) is 0 Å². The maximum Gasteiger partial charge on any atom is 0.321 e. The van der Waals surface area contributed by atoms with Crippen molar-refractivity contribution in [2.75, 3.05) is 6.54 Å². The van der Waals surface area contributed by atoms with Crippen molar-refractivity contribution in [3.63, 3.8) is 0 Å².